The minimum Gasteiger partial charge on any atom is -0.469 e. The molecular formula is C17H22N2O4. The maximum absolute atomic E-state index is 12.0. The van der Waals surface area contributed by atoms with Gasteiger partial charge in [0.1, 0.15) is 0 Å². The molecule has 1 heterocycles. The van der Waals surface area contributed by atoms with Crippen molar-refractivity contribution in [3.8, 4) is 0 Å². The SMILES string of the molecule is COC(=O)C1CC(=O)N(c2ccc(NC(=O)C(C)(C)C)cc2)C1. The molecule has 1 aliphatic rings. The lowest BCUT2D eigenvalue weighted by atomic mass is 9.95. The molecule has 0 aliphatic carbocycles. The van der Waals surface area contributed by atoms with E-state index in [1.807, 2.05) is 20.8 Å². The van der Waals surface area contributed by atoms with E-state index in [4.69, 9.17) is 4.74 Å². The van der Waals surface area contributed by atoms with Gasteiger partial charge in [0.2, 0.25) is 11.8 Å². The Bertz CT molecular complexity index is 616. The highest BCUT2D eigenvalue weighted by atomic mass is 16.5. The van der Waals surface area contributed by atoms with Crippen molar-refractivity contribution in [2.75, 3.05) is 23.9 Å². The van der Waals surface area contributed by atoms with Crippen LogP contribution in [-0.2, 0) is 19.1 Å². The van der Waals surface area contributed by atoms with E-state index in [2.05, 4.69) is 5.32 Å². The van der Waals surface area contributed by atoms with Gasteiger partial charge >= 0.3 is 5.97 Å². The lowest BCUT2D eigenvalue weighted by Gasteiger charge is -2.19. The summed E-state index contributed by atoms with van der Waals surface area (Å²) in [6, 6.07) is 7.01. The highest BCUT2D eigenvalue weighted by Crippen LogP contribution is 2.27. The smallest absolute Gasteiger partial charge is 0.311 e. The summed E-state index contributed by atoms with van der Waals surface area (Å²) in [6.07, 6.45) is 0.162. The van der Waals surface area contributed by atoms with E-state index >= 15 is 0 Å². The van der Waals surface area contributed by atoms with Crippen molar-refractivity contribution in [3.05, 3.63) is 24.3 Å². The van der Waals surface area contributed by atoms with Crippen LogP contribution in [0.5, 0.6) is 0 Å². The zero-order valence-corrected chi connectivity index (χ0v) is 13.9. The molecule has 2 amide bonds. The van der Waals surface area contributed by atoms with Gasteiger partial charge in [-0.2, -0.15) is 0 Å². The molecular weight excluding hydrogens is 296 g/mol. The Labute approximate surface area is 135 Å². The molecule has 1 aliphatic heterocycles. The van der Waals surface area contributed by atoms with E-state index in [9.17, 15) is 14.4 Å². The van der Waals surface area contributed by atoms with Gasteiger partial charge in [0.05, 0.1) is 13.0 Å². The molecule has 1 unspecified atom stereocenters. The van der Waals surface area contributed by atoms with Gasteiger partial charge in [0.15, 0.2) is 0 Å². The van der Waals surface area contributed by atoms with Gasteiger partial charge in [-0.25, -0.2) is 0 Å². The molecule has 6 nitrogen and oxygen atoms in total. The number of hydrogen-bond acceptors (Lipinski definition) is 4. The van der Waals surface area contributed by atoms with Crippen molar-refractivity contribution in [3.63, 3.8) is 0 Å². The van der Waals surface area contributed by atoms with Crippen LogP contribution in [-0.4, -0.2) is 31.4 Å². The van der Waals surface area contributed by atoms with Crippen molar-refractivity contribution < 1.29 is 19.1 Å². The Hall–Kier alpha value is -2.37. The number of amides is 2. The summed E-state index contributed by atoms with van der Waals surface area (Å²) in [4.78, 5) is 37.1. The fourth-order valence-corrected chi connectivity index (χ4v) is 2.32. The molecule has 0 radical (unpaired) electrons. The number of esters is 1. The normalized spacial score (nSPS) is 18.0. The molecule has 23 heavy (non-hydrogen) atoms. The number of hydrogen-bond donors (Lipinski definition) is 1. The zero-order valence-electron chi connectivity index (χ0n) is 13.9. The molecule has 2 rings (SSSR count). The highest BCUT2D eigenvalue weighted by Gasteiger charge is 2.35. The van der Waals surface area contributed by atoms with E-state index in [0.717, 1.165) is 0 Å². The van der Waals surface area contributed by atoms with Crippen LogP contribution in [0, 0.1) is 11.3 Å². The van der Waals surface area contributed by atoms with Crippen LogP contribution in [0.2, 0.25) is 0 Å². The fourth-order valence-electron chi connectivity index (χ4n) is 2.32. The summed E-state index contributed by atoms with van der Waals surface area (Å²) in [5, 5.41) is 2.83. The van der Waals surface area contributed by atoms with Crippen molar-refractivity contribution >= 4 is 29.2 Å². The minimum atomic E-state index is -0.475. The maximum Gasteiger partial charge on any atom is 0.311 e. The van der Waals surface area contributed by atoms with Gasteiger partial charge in [0.25, 0.3) is 0 Å². The number of methoxy groups -OCH3 is 1. The molecule has 1 atom stereocenters. The molecule has 6 heteroatoms. The van der Waals surface area contributed by atoms with Gasteiger partial charge in [-0.1, -0.05) is 20.8 Å². The summed E-state index contributed by atoms with van der Waals surface area (Å²) >= 11 is 0. The number of rotatable bonds is 3. The molecule has 0 bridgehead atoms. The molecule has 1 fully saturated rings. The Morgan fingerprint density at radius 2 is 1.83 bits per heavy atom. The standard InChI is InChI=1S/C17H22N2O4/c1-17(2,3)16(22)18-12-5-7-13(8-6-12)19-10-11(9-14(19)20)15(21)23-4/h5-8,11H,9-10H2,1-4H3,(H,18,22). The summed E-state index contributed by atoms with van der Waals surface area (Å²) in [5.74, 6) is -0.970. The largest absolute Gasteiger partial charge is 0.469 e. The monoisotopic (exact) mass is 318 g/mol. The number of nitrogens with one attached hydrogen (secondary N) is 1. The molecule has 1 N–H and O–H groups in total. The van der Waals surface area contributed by atoms with Crippen molar-refractivity contribution in [2.24, 2.45) is 11.3 Å². The first kappa shape index (κ1) is 17.0. The number of benzene rings is 1. The number of carbonyl (C=O) groups excluding carboxylic acids is 3. The lowest BCUT2D eigenvalue weighted by molar-refractivity contribution is -0.145. The van der Waals surface area contributed by atoms with Crippen LogP contribution in [0.3, 0.4) is 0 Å². The third-order valence-electron chi connectivity index (χ3n) is 3.78. The molecule has 1 aromatic rings. The van der Waals surface area contributed by atoms with Gasteiger partial charge in [-0.3, -0.25) is 14.4 Å². The van der Waals surface area contributed by atoms with Crippen LogP contribution in [0.25, 0.3) is 0 Å². The van der Waals surface area contributed by atoms with Gasteiger partial charge in [-0.15, -0.1) is 0 Å². The minimum absolute atomic E-state index is 0.0757. The molecule has 124 valence electrons. The van der Waals surface area contributed by atoms with Gasteiger partial charge in [-0.05, 0) is 24.3 Å². The maximum atomic E-state index is 12.0. The van der Waals surface area contributed by atoms with E-state index in [1.54, 1.807) is 29.2 Å². The number of carbonyl (C=O) groups is 3. The third kappa shape index (κ3) is 3.88. The summed E-state index contributed by atoms with van der Waals surface area (Å²) in [5.41, 5.74) is 0.900. The summed E-state index contributed by atoms with van der Waals surface area (Å²) < 4.78 is 4.70. The Morgan fingerprint density at radius 1 is 1.22 bits per heavy atom. The zero-order chi connectivity index (χ0) is 17.2. The second kappa shape index (κ2) is 6.40. The van der Waals surface area contributed by atoms with Crippen LogP contribution in [0.15, 0.2) is 24.3 Å². The second-order valence-electron chi connectivity index (χ2n) is 6.68. The average molecular weight is 318 g/mol. The van der Waals surface area contributed by atoms with E-state index in [1.165, 1.54) is 7.11 Å². The first-order chi connectivity index (χ1) is 10.7. The van der Waals surface area contributed by atoms with Crippen LogP contribution >= 0.6 is 0 Å². The van der Waals surface area contributed by atoms with E-state index in [0.29, 0.717) is 17.9 Å². The second-order valence-corrected chi connectivity index (χ2v) is 6.68. The number of nitrogens with zero attached hydrogens (tertiary/aromatic N) is 1. The van der Waals surface area contributed by atoms with Gasteiger partial charge in [0, 0.05) is 29.8 Å². The first-order valence-corrected chi connectivity index (χ1v) is 7.52. The Morgan fingerprint density at radius 3 is 2.35 bits per heavy atom. The van der Waals surface area contributed by atoms with E-state index in [-0.39, 0.29) is 24.2 Å². The average Bonchev–Trinajstić information content (AvgIpc) is 2.88. The van der Waals surface area contributed by atoms with Crippen LogP contribution in [0.1, 0.15) is 27.2 Å². The van der Waals surface area contributed by atoms with Crippen molar-refractivity contribution in [1.82, 2.24) is 0 Å². The molecule has 0 saturated carbocycles. The number of anilines is 2. The molecule has 0 aromatic heterocycles. The topological polar surface area (TPSA) is 75.7 Å². The predicted octanol–water partition coefficient (Wildman–Crippen LogP) is 2.20. The first-order valence-electron chi connectivity index (χ1n) is 7.52. The Kier molecular flexibility index (Phi) is 4.73. The highest BCUT2D eigenvalue weighted by molar-refractivity contribution is 6.00. The lowest BCUT2D eigenvalue weighted by Crippen LogP contribution is -2.28. The van der Waals surface area contributed by atoms with Crippen molar-refractivity contribution in [2.45, 2.75) is 27.2 Å². The van der Waals surface area contributed by atoms with Gasteiger partial charge < -0.3 is 15.0 Å². The van der Waals surface area contributed by atoms with Crippen LogP contribution < -0.4 is 10.2 Å². The summed E-state index contributed by atoms with van der Waals surface area (Å²) in [7, 11) is 1.32. The molecule has 1 aromatic carbocycles. The molecule has 1 saturated heterocycles. The quantitative estimate of drug-likeness (QED) is 0.867. The fraction of sp³-hybridized carbons (Fsp3) is 0.471. The third-order valence-corrected chi connectivity index (χ3v) is 3.78. The predicted molar refractivity (Wildman–Crippen MR) is 87.0 cm³/mol. The van der Waals surface area contributed by atoms with Crippen LogP contribution in [0.4, 0.5) is 11.4 Å². The summed E-state index contributed by atoms with van der Waals surface area (Å²) in [6.45, 7) is 5.84. The number of ether oxygens (including phenoxy) is 1. The molecule has 0 spiro atoms. The Balaban J connectivity index is 2.07. The van der Waals surface area contributed by atoms with E-state index < -0.39 is 11.3 Å². The van der Waals surface area contributed by atoms with Crippen molar-refractivity contribution in [1.29, 1.82) is 0 Å².